The maximum absolute atomic E-state index is 4.93. The Morgan fingerprint density at radius 2 is 0.781 bits per heavy atom. The van der Waals surface area contributed by atoms with Crippen molar-refractivity contribution in [3.8, 4) is 44.5 Å². The SMILES string of the molecule is CCCCc1cc2c(-c3ccccc3-c3ccccc3)c(C(C)(C)C)ccc2[cH-]1.CCCCc1cc2c(-c3ccccc3-c3ccccc3)c(C(C)(C)C)ccc2[cH-]1.C[Si]C.[Cl][Zr+2][Cl]. The van der Waals surface area contributed by atoms with E-state index in [4.69, 9.17) is 17.0 Å². The van der Waals surface area contributed by atoms with Crippen molar-refractivity contribution in [3.05, 3.63) is 180 Å². The van der Waals surface area contributed by atoms with Gasteiger partial charge in [-0.05, 0) is 57.1 Å². The van der Waals surface area contributed by atoms with Crippen LogP contribution in [-0.4, -0.2) is 9.52 Å². The average Bonchev–Trinajstić information content (AvgIpc) is 3.92. The summed E-state index contributed by atoms with van der Waals surface area (Å²) >= 11 is -0.826. The van der Waals surface area contributed by atoms with E-state index in [0.717, 1.165) is 22.4 Å². The molecule has 64 heavy (non-hydrogen) atoms. The minimum absolute atomic E-state index is 0.0776. The summed E-state index contributed by atoms with van der Waals surface area (Å²) in [4.78, 5) is 0. The number of hydrogen-bond donors (Lipinski definition) is 0. The summed E-state index contributed by atoms with van der Waals surface area (Å²) in [5, 5.41) is 5.52. The van der Waals surface area contributed by atoms with Gasteiger partial charge < -0.3 is 0 Å². The summed E-state index contributed by atoms with van der Waals surface area (Å²) in [6, 6.07) is 58.3. The molecule has 0 aliphatic carbocycles. The molecule has 0 spiro atoms. The predicted octanol–water partition coefficient (Wildman–Crippen LogP) is 19.2. The molecule has 8 rings (SSSR count). The van der Waals surface area contributed by atoms with Crippen molar-refractivity contribution in [1.82, 2.24) is 0 Å². The predicted molar refractivity (Wildman–Crippen MR) is 285 cm³/mol. The van der Waals surface area contributed by atoms with Crippen molar-refractivity contribution < 1.29 is 20.8 Å². The number of rotatable bonds is 10. The standard InChI is InChI=1S/2C29H31.C2H6Si.2ClH.Zr/c2*1-5-6-12-21-19-23-17-18-27(29(2,3)4)28(26(23)20-21)25-16-11-10-15-24(25)22-13-8-7-9-14-22;1-3-2;;;/h2*7-11,13-20H,5-6,12H2,1-4H3;1-2H3;2*1H;/q2*-1;;;;+4/p-2. The first kappa shape index (κ1) is 51.2. The maximum atomic E-state index is 4.93. The van der Waals surface area contributed by atoms with Gasteiger partial charge in [0.2, 0.25) is 0 Å². The van der Waals surface area contributed by atoms with Gasteiger partial charge in [0.05, 0.1) is 0 Å². The van der Waals surface area contributed by atoms with Gasteiger partial charge in [-0.2, -0.15) is 12.1 Å². The molecule has 0 aliphatic rings. The van der Waals surface area contributed by atoms with E-state index < -0.39 is 20.8 Å². The Morgan fingerprint density at radius 1 is 0.469 bits per heavy atom. The normalized spacial score (nSPS) is 11.2. The molecular formula is C60H68Cl2SiZr. The van der Waals surface area contributed by atoms with Crippen molar-refractivity contribution in [2.24, 2.45) is 0 Å². The van der Waals surface area contributed by atoms with Crippen LogP contribution in [0.1, 0.15) is 103 Å². The Bertz CT molecular complexity index is 2450. The van der Waals surface area contributed by atoms with Gasteiger partial charge in [0.1, 0.15) is 0 Å². The monoisotopic (exact) mass is 976 g/mol. The molecule has 4 heteroatoms. The third kappa shape index (κ3) is 13.2. The van der Waals surface area contributed by atoms with Crippen LogP contribution in [-0.2, 0) is 44.5 Å². The van der Waals surface area contributed by atoms with Gasteiger partial charge in [-0.15, -0.1) is 69.1 Å². The van der Waals surface area contributed by atoms with Crippen molar-refractivity contribution >= 4 is 48.1 Å². The van der Waals surface area contributed by atoms with Crippen LogP contribution in [0.25, 0.3) is 66.1 Å². The van der Waals surface area contributed by atoms with Gasteiger partial charge >= 0.3 is 37.9 Å². The Morgan fingerprint density at radius 3 is 1.09 bits per heavy atom. The zero-order chi connectivity index (χ0) is 46.3. The van der Waals surface area contributed by atoms with E-state index in [1.54, 1.807) is 0 Å². The molecule has 8 aromatic rings. The second-order valence-electron chi connectivity index (χ2n) is 18.8. The second kappa shape index (κ2) is 24.7. The van der Waals surface area contributed by atoms with Gasteiger partial charge in [-0.25, -0.2) is 0 Å². The molecule has 0 amide bonds. The molecule has 0 nitrogen and oxygen atoms in total. The fourth-order valence-electron chi connectivity index (χ4n) is 8.71. The van der Waals surface area contributed by atoms with Crippen LogP contribution in [0.3, 0.4) is 0 Å². The molecule has 0 atom stereocenters. The van der Waals surface area contributed by atoms with Crippen LogP contribution in [0.5, 0.6) is 0 Å². The first-order valence-electron chi connectivity index (χ1n) is 23.1. The summed E-state index contributed by atoms with van der Waals surface area (Å²) in [5.74, 6) is 0. The first-order chi connectivity index (χ1) is 30.8. The van der Waals surface area contributed by atoms with Crippen LogP contribution in [0.4, 0.5) is 0 Å². The molecule has 0 saturated heterocycles. The van der Waals surface area contributed by atoms with Gasteiger partial charge in [-0.3, -0.25) is 0 Å². The van der Waals surface area contributed by atoms with Gasteiger partial charge in [0, 0.05) is 9.52 Å². The summed E-state index contributed by atoms with van der Waals surface area (Å²) in [6.45, 7) is 22.8. The van der Waals surface area contributed by atoms with Gasteiger partial charge in [0.15, 0.2) is 0 Å². The number of halogens is 2. The van der Waals surface area contributed by atoms with E-state index in [1.807, 2.05) is 0 Å². The molecular weight excluding hydrogens is 911 g/mol. The molecule has 0 unspecified atom stereocenters. The Labute approximate surface area is 408 Å². The number of fused-ring (bicyclic) bond motifs is 2. The average molecular weight is 979 g/mol. The van der Waals surface area contributed by atoms with E-state index in [1.165, 1.54) is 114 Å². The molecule has 330 valence electrons. The number of unbranched alkanes of at least 4 members (excludes halogenated alkanes) is 2. The fraction of sp³-hybridized carbons (Fsp3) is 0.300. The van der Waals surface area contributed by atoms with Crippen LogP contribution in [0.15, 0.2) is 158 Å². The van der Waals surface area contributed by atoms with E-state index in [2.05, 4.69) is 226 Å². The Balaban J connectivity index is 0.000000215. The van der Waals surface area contributed by atoms with Crippen molar-refractivity contribution in [3.63, 3.8) is 0 Å². The third-order valence-corrected chi connectivity index (χ3v) is 11.7. The van der Waals surface area contributed by atoms with E-state index in [0.29, 0.717) is 0 Å². The second-order valence-corrected chi connectivity index (χ2v) is 23.5. The summed E-state index contributed by atoms with van der Waals surface area (Å²) in [5.41, 5.74) is 16.6. The van der Waals surface area contributed by atoms with Crippen LogP contribution in [0, 0.1) is 0 Å². The molecule has 2 radical (unpaired) electrons. The van der Waals surface area contributed by atoms with Crippen LogP contribution in [0.2, 0.25) is 13.1 Å². The van der Waals surface area contributed by atoms with Crippen LogP contribution < -0.4 is 0 Å². The summed E-state index contributed by atoms with van der Waals surface area (Å²) in [7, 11) is 11.0. The third-order valence-electron chi connectivity index (χ3n) is 11.7. The summed E-state index contributed by atoms with van der Waals surface area (Å²) in [6.07, 6.45) is 7.29. The molecule has 0 N–H and O–H groups in total. The molecule has 0 bridgehead atoms. The zero-order valence-corrected chi connectivity index (χ0v) is 45.0. The number of hydrogen-bond acceptors (Lipinski definition) is 0. The first-order valence-corrected chi connectivity index (χ1v) is 31.4. The fourth-order valence-corrected chi connectivity index (χ4v) is 8.71. The quantitative estimate of drug-likeness (QED) is 0.0946. The van der Waals surface area contributed by atoms with Crippen molar-refractivity contribution in [2.75, 3.05) is 0 Å². The van der Waals surface area contributed by atoms with Crippen LogP contribution >= 0.6 is 17.0 Å². The molecule has 0 fully saturated rings. The van der Waals surface area contributed by atoms with Crippen molar-refractivity contribution in [1.29, 1.82) is 0 Å². The number of benzene rings is 6. The van der Waals surface area contributed by atoms with E-state index in [-0.39, 0.29) is 10.8 Å². The molecule has 0 aliphatic heterocycles. The van der Waals surface area contributed by atoms with Gasteiger partial charge in [-0.1, -0.05) is 226 Å². The minimum atomic E-state index is -0.826. The van der Waals surface area contributed by atoms with Crippen molar-refractivity contribution in [2.45, 2.75) is 118 Å². The van der Waals surface area contributed by atoms with E-state index in [9.17, 15) is 0 Å². The molecule has 0 saturated carbocycles. The summed E-state index contributed by atoms with van der Waals surface area (Å²) < 4.78 is 0. The molecule has 8 aromatic carbocycles. The molecule has 0 aromatic heterocycles. The Kier molecular flexibility index (Phi) is 19.7. The Hall–Kier alpha value is -3.78. The number of aryl methyl sites for hydroxylation is 2. The topological polar surface area (TPSA) is 0 Å². The van der Waals surface area contributed by atoms with E-state index >= 15 is 0 Å². The van der Waals surface area contributed by atoms with Gasteiger partial charge in [0.25, 0.3) is 0 Å². The zero-order valence-electron chi connectivity index (χ0n) is 40.0. The molecule has 0 heterocycles.